The van der Waals surface area contributed by atoms with Crippen molar-refractivity contribution in [3.05, 3.63) is 23.2 Å². The van der Waals surface area contributed by atoms with E-state index in [1.54, 1.807) is 12.1 Å². The summed E-state index contributed by atoms with van der Waals surface area (Å²) < 4.78 is 15.2. The maximum Gasteiger partial charge on any atom is 0.330 e. The molecule has 6 nitrogen and oxygen atoms in total. The van der Waals surface area contributed by atoms with Crippen molar-refractivity contribution in [3.8, 4) is 12.3 Å². The van der Waals surface area contributed by atoms with E-state index in [0.29, 0.717) is 37.1 Å². The molecule has 2 N–H and O–H groups in total. The molecule has 150 valence electrons. The van der Waals surface area contributed by atoms with Gasteiger partial charge in [0.25, 0.3) is 0 Å². The second kappa shape index (κ2) is 8.54. The van der Waals surface area contributed by atoms with Crippen molar-refractivity contribution in [2.45, 2.75) is 62.2 Å². The van der Waals surface area contributed by atoms with Gasteiger partial charge in [-0.3, -0.25) is 9.69 Å². The van der Waals surface area contributed by atoms with E-state index in [-0.39, 0.29) is 10.3 Å². The minimum absolute atomic E-state index is 0.118. The van der Waals surface area contributed by atoms with Crippen molar-refractivity contribution in [2.75, 3.05) is 9.62 Å². The monoisotopic (exact) mass is 422 g/mol. The van der Waals surface area contributed by atoms with E-state index in [9.17, 15) is 18.9 Å². The van der Waals surface area contributed by atoms with Crippen LogP contribution in [-0.2, 0) is 20.6 Å². The second-order valence-electron chi connectivity index (χ2n) is 7.30. The number of carboxylic acid groups (broad SMARTS) is 1. The van der Waals surface area contributed by atoms with Crippen LogP contribution >= 0.6 is 11.6 Å². The lowest BCUT2D eigenvalue weighted by Crippen LogP contribution is -2.58. The van der Waals surface area contributed by atoms with Crippen LogP contribution in [0.4, 0.5) is 11.4 Å². The van der Waals surface area contributed by atoms with Crippen molar-refractivity contribution in [3.63, 3.8) is 0 Å². The lowest BCUT2D eigenvalue weighted by Gasteiger charge is -2.42. The molecule has 0 spiro atoms. The number of aliphatic carboxylic acids is 1. The van der Waals surface area contributed by atoms with Gasteiger partial charge in [-0.05, 0) is 49.8 Å². The van der Waals surface area contributed by atoms with Gasteiger partial charge in [0.15, 0.2) is 0 Å². The number of carboxylic acids is 1. The molecule has 0 heterocycles. The van der Waals surface area contributed by atoms with Gasteiger partial charge < -0.3 is 9.83 Å². The number of nitrogens with one attached hydrogen (secondary N) is 1. The van der Waals surface area contributed by atoms with Gasteiger partial charge in [0.05, 0.1) is 16.0 Å². The van der Waals surface area contributed by atoms with E-state index in [2.05, 4.69) is 10.6 Å². The van der Waals surface area contributed by atoms with Crippen LogP contribution in [0.1, 0.15) is 51.4 Å². The van der Waals surface area contributed by atoms with E-state index in [1.165, 1.54) is 11.0 Å². The first-order chi connectivity index (χ1) is 13.4. The zero-order valence-electron chi connectivity index (χ0n) is 15.4. The van der Waals surface area contributed by atoms with Crippen molar-refractivity contribution < 1.29 is 18.9 Å². The largest absolute Gasteiger partial charge is 0.479 e. The lowest BCUT2D eigenvalue weighted by atomic mass is 9.79. The van der Waals surface area contributed by atoms with Gasteiger partial charge >= 0.3 is 11.9 Å². The predicted octanol–water partition coefficient (Wildman–Crippen LogP) is 3.72. The highest BCUT2D eigenvalue weighted by atomic mass is 35.5. The molecule has 8 heteroatoms. The number of terminal acetylenes is 1. The normalized spacial score (nSPS) is 19.7. The first-order valence-corrected chi connectivity index (χ1v) is 11.0. The van der Waals surface area contributed by atoms with Crippen LogP contribution in [0.2, 0.25) is 5.02 Å². The zero-order chi connectivity index (χ0) is 20.3. The Kier molecular flexibility index (Phi) is 6.31. The van der Waals surface area contributed by atoms with E-state index in [0.717, 1.165) is 25.7 Å². The molecule has 2 aliphatic rings. The van der Waals surface area contributed by atoms with Crippen LogP contribution in [0.15, 0.2) is 18.2 Å². The summed E-state index contributed by atoms with van der Waals surface area (Å²) in [6.07, 6.45) is 11.2. The minimum Gasteiger partial charge on any atom is -0.479 e. The molecule has 0 aromatic heterocycles. The molecule has 1 unspecified atom stereocenters. The standard InChI is InChI=1S/C20H23ClN2O4S/c1-2-18(24)23(20(19(25)26)11-4-3-5-12-20)14-9-10-17(16(21)13-14)22-28(27)15-7-6-8-15/h1,9-10,13,15,22H,3-8,11-12H2,(H,25,26). The SMILES string of the molecule is C#CC(=O)N(c1ccc(NS(=O)C2CCC2)c(Cl)c1)C1(C(=O)O)CCCCC1. The van der Waals surface area contributed by atoms with Crippen molar-refractivity contribution in [1.29, 1.82) is 0 Å². The quantitative estimate of drug-likeness (QED) is 0.684. The van der Waals surface area contributed by atoms with Crippen LogP contribution in [-0.4, -0.2) is 32.0 Å². The molecule has 1 aromatic carbocycles. The fourth-order valence-electron chi connectivity index (χ4n) is 3.80. The third-order valence-corrected chi connectivity index (χ3v) is 7.42. The Labute approximate surface area is 172 Å². The molecule has 0 aliphatic heterocycles. The zero-order valence-corrected chi connectivity index (χ0v) is 17.0. The van der Waals surface area contributed by atoms with Crippen molar-refractivity contribution in [1.82, 2.24) is 0 Å². The molecule has 3 rings (SSSR count). The van der Waals surface area contributed by atoms with Crippen LogP contribution in [0.5, 0.6) is 0 Å². The van der Waals surface area contributed by atoms with Gasteiger partial charge in [0, 0.05) is 5.69 Å². The number of benzene rings is 1. The van der Waals surface area contributed by atoms with Gasteiger partial charge in [-0.1, -0.05) is 37.3 Å². The molecule has 2 aliphatic carbocycles. The molecule has 2 saturated carbocycles. The summed E-state index contributed by atoms with van der Waals surface area (Å²) in [6, 6.07) is 4.72. The highest BCUT2D eigenvalue weighted by Crippen LogP contribution is 2.39. The van der Waals surface area contributed by atoms with Crippen LogP contribution < -0.4 is 9.62 Å². The van der Waals surface area contributed by atoms with Crippen LogP contribution in [0.25, 0.3) is 0 Å². The Bertz CT molecular complexity index is 841. The number of hydrogen-bond donors (Lipinski definition) is 2. The number of halogens is 1. The summed E-state index contributed by atoms with van der Waals surface area (Å²) in [6.45, 7) is 0. The van der Waals surface area contributed by atoms with Gasteiger partial charge in [0.1, 0.15) is 16.5 Å². The molecule has 0 bridgehead atoms. The van der Waals surface area contributed by atoms with E-state index >= 15 is 0 Å². The van der Waals surface area contributed by atoms with E-state index < -0.39 is 28.4 Å². The van der Waals surface area contributed by atoms with Gasteiger partial charge in [-0.2, -0.15) is 0 Å². The molecule has 1 aromatic rings. The van der Waals surface area contributed by atoms with Crippen LogP contribution in [0, 0.1) is 12.3 Å². The average molecular weight is 423 g/mol. The minimum atomic E-state index is -1.38. The number of carbonyl (C=O) groups is 2. The van der Waals surface area contributed by atoms with Gasteiger partial charge in [-0.15, -0.1) is 6.42 Å². The molecule has 1 atom stereocenters. The van der Waals surface area contributed by atoms with Crippen molar-refractivity contribution in [2.24, 2.45) is 0 Å². The number of nitrogens with zero attached hydrogens (tertiary/aromatic N) is 1. The smallest absolute Gasteiger partial charge is 0.330 e. The Hall–Kier alpha value is -2.04. The molecule has 1 amide bonds. The lowest BCUT2D eigenvalue weighted by molar-refractivity contribution is -0.146. The summed E-state index contributed by atoms with van der Waals surface area (Å²) in [7, 11) is -1.23. The predicted molar refractivity (Wildman–Crippen MR) is 111 cm³/mol. The molecule has 2 fully saturated rings. The Morgan fingerprint density at radius 1 is 1.25 bits per heavy atom. The molecular formula is C20H23ClN2O4S. The number of amides is 1. The molecule has 0 saturated heterocycles. The van der Waals surface area contributed by atoms with E-state index in [4.69, 9.17) is 18.0 Å². The molecule has 0 radical (unpaired) electrons. The molecule has 28 heavy (non-hydrogen) atoms. The third kappa shape index (κ3) is 3.89. The summed E-state index contributed by atoms with van der Waals surface area (Å²) in [4.78, 5) is 25.9. The number of anilines is 2. The Balaban J connectivity index is 1.93. The van der Waals surface area contributed by atoms with Crippen LogP contribution in [0.3, 0.4) is 0 Å². The number of rotatable bonds is 6. The van der Waals surface area contributed by atoms with E-state index in [1.807, 2.05) is 0 Å². The molecular weight excluding hydrogens is 400 g/mol. The number of carbonyl (C=O) groups excluding carboxylic acids is 1. The Morgan fingerprint density at radius 2 is 1.93 bits per heavy atom. The van der Waals surface area contributed by atoms with Crippen molar-refractivity contribution >= 4 is 45.8 Å². The number of hydrogen-bond acceptors (Lipinski definition) is 3. The maximum atomic E-state index is 12.6. The third-order valence-electron chi connectivity index (χ3n) is 5.61. The topological polar surface area (TPSA) is 86.7 Å². The Morgan fingerprint density at radius 3 is 2.43 bits per heavy atom. The fraction of sp³-hybridized carbons (Fsp3) is 0.500. The summed E-state index contributed by atoms with van der Waals surface area (Å²) >= 11 is 6.36. The summed E-state index contributed by atoms with van der Waals surface area (Å²) in [5.41, 5.74) is -0.566. The highest BCUT2D eigenvalue weighted by molar-refractivity contribution is 7.87. The fourth-order valence-corrected chi connectivity index (χ4v) is 5.40. The van der Waals surface area contributed by atoms with Gasteiger partial charge in [-0.25, -0.2) is 9.00 Å². The first-order valence-electron chi connectivity index (χ1n) is 9.40. The highest BCUT2D eigenvalue weighted by Gasteiger charge is 2.48. The summed E-state index contributed by atoms with van der Waals surface area (Å²) in [5.74, 6) is 0.275. The van der Waals surface area contributed by atoms with Gasteiger partial charge in [0.2, 0.25) is 0 Å². The summed E-state index contributed by atoms with van der Waals surface area (Å²) in [5, 5.41) is 10.3. The average Bonchev–Trinajstić information content (AvgIpc) is 2.63. The first kappa shape index (κ1) is 20.7. The maximum absolute atomic E-state index is 12.6. The second-order valence-corrected chi connectivity index (χ2v) is 9.17.